The van der Waals surface area contributed by atoms with Crippen LogP contribution in [-0.2, 0) is 26.2 Å². The first-order chi connectivity index (χ1) is 16.2. The average Bonchev–Trinajstić information content (AvgIpc) is 3.33. The van der Waals surface area contributed by atoms with Gasteiger partial charge >= 0.3 is 12.2 Å². The van der Waals surface area contributed by atoms with Crippen molar-refractivity contribution in [2.24, 2.45) is 0 Å². The van der Waals surface area contributed by atoms with Crippen LogP contribution in [-0.4, -0.2) is 42.1 Å². The lowest BCUT2D eigenvalue weighted by Gasteiger charge is -2.38. The van der Waals surface area contributed by atoms with Crippen molar-refractivity contribution in [3.8, 4) is 11.5 Å². The van der Waals surface area contributed by atoms with E-state index in [1.807, 2.05) is 0 Å². The lowest BCUT2D eigenvalue weighted by Crippen LogP contribution is -2.62. The molecule has 0 saturated heterocycles. The van der Waals surface area contributed by atoms with Crippen molar-refractivity contribution < 1.29 is 33.3 Å². The summed E-state index contributed by atoms with van der Waals surface area (Å²) in [5.41, 5.74) is 2.50. The van der Waals surface area contributed by atoms with Crippen LogP contribution in [0.3, 0.4) is 0 Å². The van der Waals surface area contributed by atoms with Crippen LogP contribution in [0.5, 0.6) is 11.5 Å². The number of hydrogen-bond donors (Lipinski definition) is 2. The summed E-state index contributed by atoms with van der Waals surface area (Å²) in [4.78, 5) is 39.6. The molecule has 4 rings (SSSR count). The van der Waals surface area contributed by atoms with Crippen molar-refractivity contribution in [2.75, 3.05) is 12.1 Å². The molecule has 1 atom stereocenters. The third-order valence-electron chi connectivity index (χ3n) is 5.34. The van der Waals surface area contributed by atoms with Crippen molar-refractivity contribution >= 4 is 23.8 Å². The molecule has 2 aromatic rings. The van der Waals surface area contributed by atoms with Crippen molar-refractivity contribution in [3.05, 3.63) is 53.6 Å². The zero-order valence-corrected chi connectivity index (χ0v) is 19.4. The molecular formula is C24H27N3O7. The Hall–Kier alpha value is -3.95. The summed E-state index contributed by atoms with van der Waals surface area (Å²) in [6.45, 7) is 6.81. The molecule has 2 aliphatic heterocycles. The van der Waals surface area contributed by atoms with E-state index >= 15 is 0 Å². The van der Waals surface area contributed by atoms with Gasteiger partial charge in [0.05, 0.1) is 12.2 Å². The second-order valence-corrected chi connectivity index (χ2v) is 8.56. The van der Waals surface area contributed by atoms with E-state index in [0.717, 1.165) is 5.01 Å². The van der Waals surface area contributed by atoms with Crippen LogP contribution in [0.15, 0.2) is 42.5 Å². The van der Waals surface area contributed by atoms with Gasteiger partial charge in [0, 0.05) is 17.7 Å². The number of para-hydroxylation sites is 1. The summed E-state index contributed by atoms with van der Waals surface area (Å²) in [6, 6.07) is 12.2. The van der Waals surface area contributed by atoms with Crippen LogP contribution in [0.4, 0.5) is 15.3 Å². The van der Waals surface area contributed by atoms with Gasteiger partial charge in [0.2, 0.25) is 6.79 Å². The number of anilines is 1. The van der Waals surface area contributed by atoms with Crippen molar-refractivity contribution in [1.29, 1.82) is 0 Å². The number of rotatable bonds is 5. The highest BCUT2D eigenvalue weighted by atomic mass is 16.7. The van der Waals surface area contributed by atoms with Gasteiger partial charge < -0.3 is 24.3 Å². The van der Waals surface area contributed by atoms with E-state index in [1.165, 1.54) is 0 Å². The van der Waals surface area contributed by atoms with Gasteiger partial charge in [-0.05, 0) is 51.5 Å². The molecule has 10 nitrogen and oxygen atoms in total. The van der Waals surface area contributed by atoms with Crippen LogP contribution in [0.2, 0.25) is 0 Å². The van der Waals surface area contributed by atoms with Crippen molar-refractivity contribution in [2.45, 2.75) is 51.9 Å². The zero-order valence-electron chi connectivity index (χ0n) is 19.4. The SMILES string of the molecule is CC(C)OC(=O)NN(C(=O)OC(C)C)[C@]1(Cc2ccc3c(c2)OCO3)C(=O)Nc2ccccc21. The maximum absolute atomic E-state index is 13.6. The second kappa shape index (κ2) is 9.12. The monoisotopic (exact) mass is 469 g/mol. The van der Waals surface area contributed by atoms with E-state index in [1.54, 1.807) is 70.2 Å². The smallest absolute Gasteiger partial charge is 0.430 e. The fourth-order valence-electron chi connectivity index (χ4n) is 4.01. The van der Waals surface area contributed by atoms with Crippen LogP contribution in [0.25, 0.3) is 0 Å². The van der Waals surface area contributed by atoms with Crippen LogP contribution in [0.1, 0.15) is 38.8 Å². The van der Waals surface area contributed by atoms with Crippen molar-refractivity contribution in [3.63, 3.8) is 0 Å². The van der Waals surface area contributed by atoms with Gasteiger partial charge in [0.15, 0.2) is 17.0 Å². The summed E-state index contributed by atoms with van der Waals surface area (Å²) in [7, 11) is 0. The summed E-state index contributed by atoms with van der Waals surface area (Å²) in [5.74, 6) is 0.614. The standard InChI is InChI=1S/C24H27N3O7/c1-14(2)33-22(29)26-27(23(30)34-15(3)4)24(17-7-5-6-8-18(17)25-21(24)28)12-16-9-10-19-20(11-16)32-13-31-19/h5-11,14-15H,12-13H2,1-4H3,(H,25,28)(H,26,29)/t24-/m0/s1. The second-order valence-electron chi connectivity index (χ2n) is 8.56. The quantitative estimate of drug-likeness (QED) is 0.642. The first kappa shape index (κ1) is 23.2. The number of carbonyl (C=O) groups is 3. The number of nitrogens with zero attached hydrogens (tertiary/aromatic N) is 1. The maximum Gasteiger partial charge on any atom is 0.430 e. The van der Waals surface area contributed by atoms with Gasteiger partial charge in [-0.2, -0.15) is 5.01 Å². The maximum atomic E-state index is 13.6. The first-order valence-electron chi connectivity index (χ1n) is 11.0. The molecular weight excluding hydrogens is 442 g/mol. The van der Waals surface area contributed by atoms with E-state index in [-0.39, 0.29) is 13.2 Å². The summed E-state index contributed by atoms with van der Waals surface area (Å²) < 4.78 is 21.5. The van der Waals surface area contributed by atoms with E-state index in [2.05, 4.69) is 10.7 Å². The minimum atomic E-state index is -1.66. The highest BCUT2D eigenvalue weighted by molar-refractivity contribution is 6.07. The van der Waals surface area contributed by atoms with Crippen LogP contribution in [0, 0.1) is 0 Å². The number of ether oxygens (including phenoxy) is 4. The van der Waals surface area contributed by atoms with E-state index < -0.39 is 35.8 Å². The Morgan fingerprint density at radius 3 is 2.50 bits per heavy atom. The molecule has 0 bridgehead atoms. The van der Waals surface area contributed by atoms with Gasteiger partial charge in [-0.25, -0.2) is 15.0 Å². The molecule has 0 unspecified atom stereocenters. The lowest BCUT2D eigenvalue weighted by atomic mass is 9.84. The molecule has 0 spiro atoms. The molecule has 0 aliphatic carbocycles. The third-order valence-corrected chi connectivity index (χ3v) is 5.34. The molecule has 10 heteroatoms. The van der Waals surface area contributed by atoms with Crippen LogP contribution >= 0.6 is 0 Å². The Labute approximate surface area is 197 Å². The van der Waals surface area contributed by atoms with E-state index in [4.69, 9.17) is 18.9 Å². The van der Waals surface area contributed by atoms with Gasteiger partial charge in [0.25, 0.3) is 5.91 Å². The Balaban J connectivity index is 1.83. The molecule has 2 aromatic carbocycles. The first-order valence-corrected chi connectivity index (χ1v) is 11.0. The number of carbonyl (C=O) groups excluding carboxylic acids is 3. The Kier molecular flexibility index (Phi) is 6.23. The Bertz CT molecular complexity index is 1120. The van der Waals surface area contributed by atoms with Crippen molar-refractivity contribution in [1.82, 2.24) is 10.4 Å². The largest absolute Gasteiger partial charge is 0.454 e. The van der Waals surface area contributed by atoms with E-state index in [9.17, 15) is 14.4 Å². The molecule has 2 heterocycles. The number of nitrogens with one attached hydrogen (secondary N) is 2. The number of hydrazine groups is 1. The minimum Gasteiger partial charge on any atom is -0.454 e. The predicted molar refractivity (Wildman–Crippen MR) is 121 cm³/mol. The normalized spacial score (nSPS) is 17.9. The Morgan fingerprint density at radius 2 is 1.76 bits per heavy atom. The molecule has 0 fully saturated rings. The molecule has 0 saturated carbocycles. The number of amides is 3. The predicted octanol–water partition coefficient (Wildman–Crippen LogP) is 3.70. The lowest BCUT2D eigenvalue weighted by molar-refractivity contribution is -0.129. The highest BCUT2D eigenvalue weighted by Gasteiger charge is 2.55. The van der Waals surface area contributed by atoms with Gasteiger partial charge in [0.1, 0.15) is 0 Å². The number of benzene rings is 2. The molecule has 2 N–H and O–H groups in total. The summed E-state index contributed by atoms with van der Waals surface area (Å²) >= 11 is 0. The van der Waals surface area contributed by atoms with E-state index in [0.29, 0.717) is 28.3 Å². The van der Waals surface area contributed by atoms with Gasteiger partial charge in [-0.3, -0.25) is 4.79 Å². The minimum absolute atomic E-state index is 0.0155. The fraction of sp³-hybridized carbons (Fsp3) is 0.375. The number of fused-ring (bicyclic) bond motifs is 2. The molecule has 34 heavy (non-hydrogen) atoms. The third kappa shape index (κ3) is 4.30. The van der Waals surface area contributed by atoms with Gasteiger partial charge in [-0.15, -0.1) is 0 Å². The van der Waals surface area contributed by atoms with Gasteiger partial charge in [-0.1, -0.05) is 24.3 Å². The average molecular weight is 469 g/mol. The number of hydrogen-bond acceptors (Lipinski definition) is 7. The highest BCUT2D eigenvalue weighted by Crippen LogP contribution is 2.44. The molecule has 0 aromatic heterocycles. The molecule has 3 amide bonds. The summed E-state index contributed by atoms with van der Waals surface area (Å²) in [5, 5.41) is 3.75. The topological polar surface area (TPSA) is 115 Å². The Morgan fingerprint density at radius 1 is 1.06 bits per heavy atom. The fourth-order valence-corrected chi connectivity index (χ4v) is 4.01. The zero-order chi connectivity index (χ0) is 24.5. The molecule has 180 valence electrons. The summed E-state index contributed by atoms with van der Waals surface area (Å²) in [6.07, 6.45) is -2.72. The van der Waals surface area contributed by atoms with Crippen LogP contribution < -0.4 is 20.2 Å². The molecule has 2 aliphatic rings. The molecule has 0 radical (unpaired) electrons.